The number of nitrogens with one attached hydrogen (secondary N) is 1. The molecule has 27 heavy (non-hydrogen) atoms. The Bertz CT molecular complexity index is 951. The molecule has 1 atom stereocenters. The number of hydrogen-bond acceptors (Lipinski definition) is 5. The van der Waals surface area contributed by atoms with Crippen molar-refractivity contribution in [2.75, 3.05) is 25.5 Å². The van der Waals surface area contributed by atoms with Gasteiger partial charge in [0.1, 0.15) is 5.82 Å². The second kappa shape index (κ2) is 8.18. The van der Waals surface area contributed by atoms with Crippen molar-refractivity contribution in [3.63, 3.8) is 0 Å². The summed E-state index contributed by atoms with van der Waals surface area (Å²) in [5, 5.41) is 8.80. The molecule has 6 nitrogen and oxygen atoms in total. The number of hydrogen-bond donors (Lipinski definition) is 1. The third-order valence-electron chi connectivity index (χ3n) is 4.75. The number of nitrogens with zero attached hydrogens (tertiary/aromatic N) is 4. The zero-order chi connectivity index (χ0) is 18.8. The smallest absolute Gasteiger partial charge is 0.363 e. The molecule has 0 saturated carbocycles. The van der Waals surface area contributed by atoms with Crippen molar-refractivity contribution in [2.45, 2.75) is 18.9 Å². The SMILES string of the molecule is COBN1CCCC(Nc2cc(-c3ccccc3Cl)nc3c(Br)cnn23)C1. The minimum atomic E-state index is 0.321. The van der Waals surface area contributed by atoms with E-state index in [-0.39, 0.29) is 0 Å². The zero-order valence-electron chi connectivity index (χ0n) is 15.0. The van der Waals surface area contributed by atoms with Gasteiger partial charge in [-0.05, 0) is 41.4 Å². The maximum absolute atomic E-state index is 6.41. The minimum Gasteiger partial charge on any atom is -0.427 e. The summed E-state index contributed by atoms with van der Waals surface area (Å²) in [5.41, 5.74) is 2.49. The normalized spacial score (nSPS) is 18.0. The van der Waals surface area contributed by atoms with Gasteiger partial charge in [0.25, 0.3) is 0 Å². The molecule has 140 valence electrons. The lowest BCUT2D eigenvalue weighted by Gasteiger charge is -2.32. The Kier molecular flexibility index (Phi) is 5.68. The molecule has 1 unspecified atom stereocenters. The van der Waals surface area contributed by atoms with Gasteiger partial charge < -0.3 is 14.8 Å². The van der Waals surface area contributed by atoms with Crippen molar-refractivity contribution in [3.05, 3.63) is 46.0 Å². The highest BCUT2D eigenvalue weighted by molar-refractivity contribution is 9.10. The van der Waals surface area contributed by atoms with E-state index in [9.17, 15) is 0 Å². The molecule has 1 aromatic carbocycles. The lowest BCUT2D eigenvalue weighted by Crippen LogP contribution is -2.44. The van der Waals surface area contributed by atoms with E-state index in [2.05, 4.69) is 31.2 Å². The zero-order valence-corrected chi connectivity index (χ0v) is 17.4. The van der Waals surface area contributed by atoms with Crippen LogP contribution in [0.2, 0.25) is 5.02 Å². The first-order valence-electron chi connectivity index (χ1n) is 8.92. The van der Waals surface area contributed by atoms with E-state index in [0.29, 0.717) is 18.7 Å². The molecule has 0 spiro atoms. The van der Waals surface area contributed by atoms with E-state index in [1.165, 1.54) is 0 Å². The first kappa shape index (κ1) is 18.7. The van der Waals surface area contributed by atoms with Crippen LogP contribution in [0.4, 0.5) is 5.82 Å². The Balaban J connectivity index is 1.70. The molecule has 0 amide bonds. The van der Waals surface area contributed by atoms with E-state index < -0.39 is 0 Å². The van der Waals surface area contributed by atoms with E-state index in [0.717, 1.165) is 53.1 Å². The van der Waals surface area contributed by atoms with Crippen LogP contribution in [0.1, 0.15) is 12.8 Å². The second-order valence-electron chi connectivity index (χ2n) is 6.71. The van der Waals surface area contributed by atoms with Crippen LogP contribution in [0.25, 0.3) is 16.9 Å². The van der Waals surface area contributed by atoms with Crippen molar-refractivity contribution in [1.29, 1.82) is 0 Å². The van der Waals surface area contributed by atoms with Crippen LogP contribution in [0.3, 0.4) is 0 Å². The average Bonchev–Trinajstić information content (AvgIpc) is 3.04. The molecule has 1 aliphatic rings. The van der Waals surface area contributed by atoms with Crippen molar-refractivity contribution in [2.24, 2.45) is 0 Å². The average molecular weight is 449 g/mol. The van der Waals surface area contributed by atoms with E-state index in [1.807, 2.05) is 34.8 Å². The van der Waals surface area contributed by atoms with Crippen molar-refractivity contribution in [1.82, 2.24) is 19.4 Å². The molecular weight excluding hydrogens is 428 g/mol. The number of piperidine rings is 1. The summed E-state index contributed by atoms with van der Waals surface area (Å²) in [6.45, 7) is 2.00. The number of anilines is 1. The highest BCUT2D eigenvalue weighted by Gasteiger charge is 2.22. The first-order valence-corrected chi connectivity index (χ1v) is 10.1. The summed E-state index contributed by atoms with van der Waals surface area (Å²) in [5.74, 6) is 0.907. The number of aromatic nitrogens is 3. The molecule has 1 N–H and O–H groups in total. The fourth-order valence-electron chi connectivity index (χ4n) is 3.53. The van der Waals surface area contributed by atoms with Gasteiger partial charge in [0.15, 0.2) is 5.65 Å². The molecule has 4 rings (SSSR count). The predicted octanol–water partition coefficient (Wildman–Crippen LogP) is 3.60. The summed E-state index contributed by atoms with van der Waals surface area (Å²) in [7, 11) is 2.39. The first-order chi connectivity index (χ1) is 13.2. The number of fused-ring (bicyclic) bond motifs is 1. The quantitative estimate of drug-likeness (QED) is 0.605. The number of halogens is 2. The highest BCUT2D eigenvalue weighted by Crippen LogP contribution is 2.30. The maximum Gasteiger partial charge on any atom is 0.363 e. The van der Waals surface area contributed by atoms with Crippen LogP contribution in [0, 0.1) is 0 Å². The van der Waals surface area contributed by atoms with Crippen LogP contribution in [0.15, 0.2) is 41.0 Å². The van der Waals surface area contributed by atoms with Gasteiger partial charge in [-0.2, -0.15) is 9.61 Å². The summed E-state index contributed by atoms with van der Waals surface area (Å²) in [4.78, 5) is 7.08. The molecule has 9 heteroatoms. The molecular formula is C18H20BBrClN5O. The summed E-state index contributed by atoms with van der Waals surface area (Å²) >= 11 is 9.96. The Hall–Kier alpha value is -1.61. The third kappa shape index (κ3) is 3.99. The molecule has 0 bridgehead atoms. The third-order valence-corrected chi connectivity index (χ3v) is 5.64. The van der Waals surface area contributed by atoms with Crippen molar-refractivity contribution < 1.29 is 4.65 Å². The number of rotatable bonds is 5. The molecule has 1 saturated heterocycles. The summed E-state index contributed by atoms with van der Waals surface area (Å²) in [6, 6.07) is 10.1. The fraction of sp³-hybridized carbons (Fsp3) is 0.333. The van der Waals surface area contributed by atoms with Gasteiger partial charge in [-0.3, -0.25) is 0 Å². The molecule has 1 aliphatic heterocycles. The molecule has 0 aliphatic carbocycles. The topological polar surface area (TPSA) is 54.7 Å². The number of benzene rings is 1. The van der Waals surface area contributed by atoms with Gasteiger partial charge in [-0.25, -0.2) is 4.98 Å². The second-order valence-corrected chi connectivity index (χ2v) is 7.97. The van der Waals surface area contributed by atoms with E-state index in [4.69, 9.17) is 21.2 Å². The Morgan fingerprint density at radius 3 is 3.04 bits per heavy atom. The maximum atomic E-state index is 6.41. The van der Waals surface area contributed by atoms with Gasteiger partial charge in [0.05, 0.1) is 16.4 Å². The Labute approximate surface area is 172 Å². The monoisotopic (exact) mass is 447 g/mol. The molecule has 1 fully saturated rings. The van der Waals surface area contributed by atoms with Crippen molar-refractivity contribution in [3.8, 4) is 11.3 Å². The predicted molar refractivity (Wildman–Crippen MR) is 114 cm³/mol. The largest absolute Gasteiger partial charge is 0.427 e. The lowest BCUT2D eigenvalue weighted by atomic mass is 10.0. The van der Waals surface area contributed by atoms with E-state index in [1.54, 1.807) is 13.3 Å². The van der Waals surface area contributed by atoms with Gasteiger partial charge in [0.2, 0.25) is 0 Å². The van der Waals surface area contributed by atoms with Crippen molar-refractivity contribution >= 4 is 46.6 Å². The summed E-state index contributed by atoms with van der Waals surface area (Å²) in [6.07, 6.45) is 4.01. The minimum absolute atomic E-state index is 0.321. The van der Waals surface area contributed by atoms with Crippen LogP contribution in [-0.4, -0.2) is 53.3 Å². The summed E-state index contributed by atoms with van der Waals surface area (Å²) < 4.78 is 7.98. The molecule has 3 aromatic rings. The van der Waals surface area contributed by atoms with Gasteiger partial charge in [-0.1, -0.05) is 29.8 Å². The van der Waals surface area contributed by atoms with Gasteiger partial charge >= 0.3 is 7.62 Å². The Morgan fingerprint density at radius 1 is 1.37 bits per heavy atom. The molecule has 3 heterocycles. The van der Waals surface area contributed by atoms with Crippen LogP contribution in [-0.2, 0) is 4.65 Å². The Morgan fingerprint density at radius 2 is 2.22 bits per heavy atom. The van der Waals surface area contributed by atoms with Gasteiger partial charge in [0, 0.05) is 36.3 Å². The fourth-order valence-corrected chi connectivity index (χ4v) is 4.11. The van der Waals surface area contributed by atoms with Gasteiger partial charge in [-0.15, -0.1) is 0 Å². The highest BCUT2D eigenvalue weighted by atomic mass is 79.9. The van der Waals surface area contributed by atoms with Crippen LogP contribution in [0.5, 0.6) is 0 Å². The van der Waals surface area contributed by atoms with Crippen LogP contribution >= 0.6 is 27.5 Å². The molecule has 2 aromatic heterocycles. The lowest BCUT2D eigenvalue weighted by molar-refractivity contribution is 0.285. The standard InChI is InChI=1S/C18H20BBrClN5O/c1-27-19-25-8-4-5-12(11-25)23-17-9-16(13-6-2-3-7-15(13)21)24-18-14(20)10-22-26(17)18/h2-3,6-7,9-10,12,19,23H,4-5,8,11H2,1H3. The molecule has 0 radical (unpaired) electrons. The van der Waals surface area contributed by atoms with E-state index >= 15 is 0 Å². The van der Waals surface area contributed by atoms with Crippen LogP contribution < -0.4 is 5.32 Å².